The summed E-state index contributed by atoms with van der Waals surface area (Å²) in [6, 6.07) is 6.75. The Hall–Kier alpha value is -2.60. The maximum Gasteiger partial charge on any atom is 0.233 e. The quantitative estimate of drug-likeness (QED) is 0.736. The second-order valence-corrected chi connectivity index (χ2v) is 4.97. The van der Waals surface area contributed by atoms with Crippen molar-refractivity contribution in [1.82, 2.24) is 0 Å². The number of fused-ring (bicyclic) bond motifs is 1. The second kappa shape index (κ2) is 5.06. The monoisotopic (exact) mass is 286 g/mol. The minimum Gasteiger partial charge on any atom is -0.469 e. The smallest absolute Gasteiger partial charge is 0.233 e. The van der Waals surface area contributed by atoms with Gasteiger partial charge in [0.25, 0.3) is 0 Å². The molecule has 1 aliphatic rings. The van der Waals surface area contributed by atoms with Crippen molar-refractivity contribution in [3.63, 3.8) is 0 Å². The molecule has 0 saturated heterocycles. The van der Waals surface area contributed by atoms with E-state index in [2.05, 4.69) is 10.6 Å². The van der Waals surface area contributed by atoms with E-state index < -0.39 is 6.10 Å². The number of carbonyl (C=O) groups is 2. The predicted molar refractivity (Wildman–Crippen MR) is 75.8 cm³/mol. The van der Waals surface area contributed by atoms with E-state index in [0.29, 0.717) is 28.3 Å². The second-order valence-electron chi connectivity index (χ2n) is 4.97. The van der Waals surface area contributed by atoms with Gasteiger partial charge in [0.1, 0.15) is 18.3 Å². The number of aliphatic hydroxyl groups excluding tert-OH is 1. The number of hydrogen-bond acceptors (Lipinski definition) is 4. The van der Waals surface area contributed by atoms with Crippen LogP contribution in [0.3, 0.4) is 0 Å². The van der Waals surface area contributed by atoms with Crippen molar-refractivity contribution in [1.29, 1.82) is 0 Å². The Kier molecular flexibility index (Phi) is 3.23. The molecule has 6 nitrogen and oxygen atoms in total. The van der Waals surface area contributed by atoms with Gasteiger partial charge in [-0.05, 0) is 30.7 Å². The molecular formula is C15H14N2O4. The number of benzene rings is 1. The highest BCUT2D eigenvalue weighted by Crippen LogP contribution is 2.31. The van der Waals surface area contributed by atoms with Crippen LogP contribution in [0, 0.1) is 6.92 Å². The summed E-state index contributed by atoms with van der Waals surface area (Å²) in [5, 5.41) is 15.6. The van der Waals surface area contributed by atoms with Crippen LogP contribution in [0.2, 0.25) is 0 Å². The Morgan fingerprint density at radius 2 is 1.81 bits per heavy atom. The van der Waals surface area contributed by atoms with Crippen molar-refractivity contribution in [2.75, 3.05) is 10.6 Å². The lowest BCUT2D eigenvalue weighted by Gasteiger charge is -2.13. The summed E-state index contributed by atoms with van der Waals surface area (Å²) in [6.07, 6.45) is 0.420. The van der Waals surface area contributed by atoms with E-state index in [0.717, 1.165) is 0 Å². The third kappa shape index (κ3) is 2.66. The first-order chi connectivity index (χ1) is 10.0. The molecule has 0 aliphatic carbocycles. The number of hydrogen-bond donors (Lipinski definition) is 3. The van der Waals surface area contributed by atoms with E-state index in [1.807, 2.05) is 0 Å². The van der Waals surface area contributed by atoms with Crippen LogP contribution in [0.4, 0.5) is 11.4 Å². The first-order valence-electron chi connectivity index (χ1n) is 6.49. The van der Waals surface area contributed by atoms with Crippen molar-refractivity contribution in [3.05, 3.63) is 47.4 Å². The number of rotatable bonds is 2. The molecule has 2 amide bonds. The molecule has 2 aromatic rings. The number of nitrogens with one attached hydrogen (secondary N) is 2. The molecule has 1 atom stereocenters. The van der Waals surface area contributed by atoms with Crippen LogP contribution in [0.1, 0.15) is 29.4 Å². The molecule has 3 N–H and O–H groups in total. The van der Waals surface area contributed by atoms with Gasteiger partial charge in [0.15, 0.2) is 0 Å². The van der Waals surface area contributed by atoms with Gasteiger partial charge in [0, 0.05) is 5.56 Å². The highest BCUT2D eigenvalue weighted by molar-refractivity contribution is 6.13. The molecule has 0 saturated carbocycles. The SMILES string of the molecule is Cc1cc(C(O)c2ccc3c(c2)NC(=O)CC(=O)N3)co1. The molecule has 0 bridgehead atoms. The summed E-state index contributed by atoms with van der Waals surface area (Å²) in [4.78, 5) is 23.0. The van der Waals surface area contributed by atoms with Gasteiger partial charge in [-0.1, -0.05) is 6.07 Å². The number of carbonyl (C=O) groups excluding carboxylic acids is 2. The molecule has 1 aromatic carbocycles. The first-order valence-corrected chi connectivity index (χ1v) is 6.49. The molecule has 6 heteroatoms. The fraction of sp³-hybridized carbons (Fsp3) is 0.200. The molecule has 0 fully saturated rings. The van der Waals surface area contributed by atoms with Crippen LogP contribution in [-0.4, -0.2) is 16.9 Å². The molecular weight excluding hydrogens is 272 g/mol. The highest BCUT2D eigenvalue weighted by Gasteiger charge is 2.20. The molecule has 0 spiro atoms. The summed E-state index contributed by atoms with van der Waals surface area (Å²) >= 11 is 0. The van der Waals surface area contributed by atoms with Gasteiger partial charge in [-0.15, -0.1) is 0 Å². The lowest BCUT2D eigenvalue weighted by atomic mass is 10.0. The fourth-order valence-electron chi connectivity index (χ4n) is 2.28. The average molecular weight is 286 g/mol. The van der Waals surface area contributed by atoms with Crippen LogP contribution in [0.25, 0.3) is 0 Å². The Morgan fingerprint density at radius 3 is 2.48 bits per heavy atom. The predicted octanol–water partition coefficient (Wildman–Crippen LogP) is 1.95. The topological polar surface area (TPSA) is 91.6 Å². The minimum absolute atomic E-state index is 0.215. The number of furan rings is 1. The van der Waals surface area contributed by atoms with E-state index in [-0.39, 0.29) is 18.2 Å². The zero-order chi connectivity index (χ0) is 15.0. The third-order valence-corrected chi connectivity index (χ3v) is 3.30. The van der Waals surface area contributed by atoms with Crippen molar-refractivity contribution in [2.24, 2.45) is 0 Å². The average Bonchev–Trinajstić information content (AvgIpc) is 2.79. The van der Waals surface area contributed by atoms with Crippen molar-refractivity contribution in [3.8, 4) is 0 Å². The molecule has 0 radical (unpaired) electrons. The number of aryl methyl sites for hydroxylation is 1. The Balaban J connectivity index is 1.95. The van der Waals surface area contributed by atoms with Crippen LogP contribution in [-0.2, 0) is 9.59 Å². The van der Waals surface area contributed by atoms with Crippen molar-refractivity contribution >= 4 is 23.2 Å². The zero-order valence-corrected chi connectivity index (χ0v) is 11.3. The summed E-state index contributed by atoms with van der Waals surface area (Å²) < 4.78 is 5.18. The van der Waals surface area contributed by atoms with Gasteiger partial charge in [-0.3, -0.25) is 9.59 Å². The van der Waals surface area contributed by atoms with Crippen molar-refractivity contribution < 1.29 is 19.1 Å². The molecule has 3 rings (SSSR count). The minimum atomic E-state index is -0.858. The van der Waals surface area contributed by atoms with Crippen molar-refractivity contribution in [2.45, 2.75) is 19.4 Å². The lowest BCUT2D eigenvalue weighted by molar-refractivity contribution is -0.123. The van der Waals surface area contributed by atoms with Gasteiger partial charge < -0.3 is 20.2 Å². The molecule has 1 unspecified atom stereocenters. The van der Waals surface area contributed by atoms with E-state index in [4.69, 9.17) is 4.42 Å². The number of anilines is 2. The van der Waals surface area contributed by atoms with E-state index >= 15 is 0 Å². The number of aliphatic hydroxyl groups is 1. The Bertz CT molecular complexity index is 720. The maximum absolute atomic E-state index is 11.6. The Morgan fingerprint density at radius 1 is 1.10 bits per heavy atom. The van der Waals surface area contributed by atoms with Crippen LogP contribution >= 0.6 is 0 Å². The number of amides is 2. The largest absolute Gasteiger partial charge is 0.469 e. The third-order valence-electron chi connectivity index (χ3n) is 3.30. The molecule has 108 valence electrons. The van der Waals surface area contributed by atoms with E-state index in [9.17, 15) is 14.7 Å². The molecule has 1 aliphatic heterocycles. The summed E-state index contributed by atoms with van der Waals surface area (Å²) in [5.41, 5.74) is 2.23. The molecule has 21 heavy (non-hydrogen) atoms. The Labute approximate surface area is 120 Å². The van der Waals surface area contributed by atoms with E-state index in [1.54, 1.807) is 31.2 Å². The zero-order valence-electron chi connectivity index (χ0n) is 11.3. The maximum atomic E-state index is 11.6. The standard InChI is InChI=1S/C15H14N2O4/c1-8-4-10(7-21-8)15(20)9-2-3-11-12(5-9)17-14(19)6-13(18)16-11/h2-5,7,15,20H,6H2,1H3,(H,16,18)(H,17,19). The molecule has 1 aromatic heterocycles. The summed E-state index contributed by atoms with van der Waals surface area (Å²) in [6.45, 7) is 1.79. The highest BCUT2D eigenvalue weighted by atomic mass is 16.3. The molecule has 2 heterocycles. The van der Waals surface area contributed by atoms with Crippen LogP contribution in [0.15, 0.2) is 34.9 Å². The van der Waals surface area contributed by atoms with Gasteiger partial charge in [-0.25, -0.2) is 0 Å². The van der Waals surface area contributed by atoms with Gasteiger partial charge in [0.2, 0.25) is 11.8 Å². The summed E-state index contributed by atoms with van der Waals surface area (Å²) in [5.74, 6) is -0.0265. The van der Waals surface area contributed by atoms with E-state index in [1.165, 1.54) is 6.26 Å². The normalized spacial score (nSPS) is 15.7. The summed E-state index contributed by atoms with van der Waals surface area (Å²) in [7, 11) is 0. The van der Waals surface area contributed by atoms with Crippen LogP contribution in [0.5, 0.6) is 0 Å². The van der Waals surface area contributed by atoms with Gasteiger partial charge in [-0.2, -0.15) is 0 Å². The lowest BCUT2D eigenvalue weighted by Crippen LogP contribution is -2.16. The van der Waals surface area contributed by atoms with Crippen LogP contribution < -0.4 is 10.6 Å². The first kappa shape index (κ1) is 13.4. The van der Waals surface area contributed by atoms with Gasteiger partial charge >= 0.3 is 0 Å². The fourth-order valence-corrected chi connectivity index (χ4v) is 2.28. The van der Waals surface area contributed by atoms with Gasteiger partial charge in [0.05, 0.1) is 17.6 Å².